The van der Waals surface area contributed by atoms with Crippen molar-refractivity contribution in [1.82, 2.24) is 5.32 Å². The molecule has 8 saturated heterocycles. The van der Waals surface area contributed by atoms with Gasteiger partial charge >= 0.3 is 47.8 Å². The fraction of sp³-hybridized carbons (Fsp3) is 0.864. The zero-order valence-corrected chi connectivity index (χ0v) is 61.7. The van der Waals surface area contributed by atoms with Gasteiger partial charge in [-0.3, -0.25) is 43.2 Å². The van der Waals surface area contributed by atoms with E-state index in [1.54, 1.807) is 0 Å². The number of ether oxygens (including phenoxy) is 15. The highest BCUT2D eigenvalue weighted by atomic mass is 32.2. The number of thioether (sulfide) groups is 1. The molecule has 8 heterocycles. The molecule has 8 aliphatic rings. The number of unbranched alkanes of at least 4 members (excludes halogenated alkanes) is 3. The van der Waals surface area contributed by atoms with Gasteiger partial charge in [0.2, 0.25) is 0 Å². The van der Waals surface area contributed by atoms with Gasteiger partial charge in [-0.2, -0.15) is 11.8 Å². The first-order valence-electron chi connectivity index (χ1n) is 35.9. The van der Waals surface area contributed by atoms with E-state index >= 15 is 0 Å². The minimum atomic E-state index is -1.17. The standard InChI is InChI=1S/C11H21NO3.C10H19NO3.C8H13NO5.C8H15NO4.C7H14N2O4.C7H13NO5.C7H13NO4S.C7H13NO4.CH4/c12-10(11(13)14)7-3-1-2-5-9-6-4-8-15-9;11-9(10(12)13)6-2-1-4-8-5-3-7-14-8;9-6(8(11)12)3-5(10)4-7-13-1-2-14-7;9-6(8(10)11)2-1-3-7-12-4-5-13-7;8-5(7(10)11)3-9-4-6-12-1-2-13-6;8-5(7(9)10)3-11-4-6-12-1-2-13-6;8-5(7(9)10)3-13-4-6-11-1-2-12-6;8-5(7(9)10)1-2-6-11-3-4-12-6;/h9-10H,1-8,12H2,(H,13,14);8-9H,1-7,11H2,(H,12,13);6-7H,1-4,9H2,(H,11,12);6-7H,1-5,9H2,(H,10,11);5-6,9H,1-4,8H2,(H,10,11);2*5-6H,1-4,8H2,(H,9,10);5-6H,1-4,8H2,(H,9,10);1H4. The van der Waals surface area contributed by atoms with Crippen molar-refractivity contribution >= 4 is 65.3 Å². The van der Waals surface area contributed by atoms with Crippen LogP contribution in [-0.4, -0.2) is 323 Å². The van der Waals surface area contributed by atoms with E-state index in [0.717, 1.165) is 77.4 Å². The summed E-state index contributed by atoms with van der Waals surface area (Å²) in [5.74, 6) is -7.19. The van der Waals surface area contributed by atoms with Crippen molar-refractivity contribution in [1.29, 1.82) is 0 Å². The van der Waals surface area contributed by atoms with Gasteiger partial charge in [0.05, 0.1) is 111 Å². The van der Waals surface area contributed by atoms with Crippen LogP contribution in [0.5, 0.6) is 0 Å². The lowest BCUT2D eigenvalue weighted by molar-refractivity contribution is -0.142. The van der Waals surface area contributed by atoms with Crippen LogP contribution in [0.1, 0.15) is 136 Å². The number of rotatable bonds is 42. The van der Waals surface area contributed by atoms with Crippen LogP contribution >= 0.6 is 11.8 Å². The van der Waals surface area contributed by atoms with Crippen molar-refractivity contribution < 1.29 is 155 Å². The van der Waals surface area contributed by atoms with E-state index in [-0.39, 0.29) is 77.3 Å². The van der Waals surface area contributed by atoms with Crippen LogP contribution in [0.2, 0.25) is 0 Å². The molecule has 0 bridgehead atoms. The van der Waals surface area contributed by atoms with Crippen molar-refractivity contribution in [2.45, 2.75) is 234 Å². The largest absolute Gasteiger partial charge is 0.480 e. The van der Waals surface area contributed by atoms with Crippen LogP contribution in [0, 0.1) is 0 Å². The van der Waals surface area contributed by atoms with Crippen molar-refractivity contribution in [3.63, 3.8) is 0 Å². The van der Waals surface area contributed by atoms with Gasteiger partial charge in [0.15, 0.2) is 37.7 Å². The lowest BCUT2D eigenvalue weighted by atomic mass is 10.0. The van der Waals surface area contributed by atoms with Crippen LogP contribution in [0.25, 0.3) is 0 Å². The lowest BCUT2D eigenvalue weighted by Gasteiger charge is -2.11. The molecule has 0 saturated carbocycles. The summed E-state index contributed by atoms with van der Waals surface area (Å²) in [6, 6.07) is -6.75. The molecule has 8 aliphatic heterocycles. The highest BCUT2D eigenvalue weighted by Gasteiger charge is 2.26. The number of carbonyl (C=O) groups excluding carboxylic acids is 1. The van der Waals surface area contributed by atoms with Crippen LogP contribution < -0.4 is 51.2 Å². The second-order valence-electron chi connectivity index (χ2n) is 25.0. The van der Waals surface area contributed by atoms with E-state index in [9.17, 15) is 43.2 Å². The molecule has 41 nitrogen and oxygen atoms in total. The number of Topliss-reactive ketones (excluding diaryl/α,β-unsaturated/α-hetero) is 1. The SMILES string of the molecule is C.NC(CC(=O)CC1OCCO1)C(=O)O.NC(CCC1OCCO1)C(=O)O.NC(CCCC1OCCO1)C(=O)O.NC(CCCCC1CCCO1)C(=O)O.NC(CCCCCC1CCCO1)C(=O)O.NC(CNCC1OCCO1)C(=O)O.NC(COCC1OCCO1)C(=O)O.NC(CSCC1OCCO1)C(=O)O. The van der Waals surface area contributed by atoms with Gasteiger partial charge in [0, 0.05) is 50.7 Å². The van der Waals surface area contributed by atoms with Gasteiger partial charge in [0.1, 0.15) is 54.1 Å². The Bertz CT molecular complexity index is 2230. The molecule has 0 aliphatic carbocycles. The summed E-state index contributed by atoms with van der Waals surface area (Å²) in [6.45, 7) is 9.63. The van der Waals surface area contributed by atoms with Crippen LogP contribution in [0.4, 0.5) is 0 Å². The highest BCUT2D eigenvalue weighted by Crippen LogP contribution is 2.21. The normalized spacial score (nSPS) is 20.9. The van der Waals surface area contributed by atoms with Crippen molar-refractivity contribution in [2.24, 2.45) is 45.9 Å². The Morgan fingerprint density at radius 3 is 1.14 bits per heavy atom. The molecule has 8 fully saturated rings. The number of aliphatic carboxylic acids is 8. The maximum atomic E-state index is 11.2. The first-order chi connectivity index (χ1) is 51.0. The molecule has 25 N–H and O–H groups in total. The van der Waals surface area contributed by atoms with Crippen molar-refractivity contribution in [2.75, 3.05) is 130 Å². The topological polar surface area (TPSA) is 674 Å². The Labute approximate surface area is 633 Å². The number of carbonyl (C=O) groups is 9. The molecule has 8 rings (SSSR count). The molecule has 0 spiro atoms. The second-order valence-corrected chi connectivity index (χ2v) is 26.0. The van der Waals surface area contributed by atoms with E-state index in [2.05, 4.69) is 5.32 Å². The molecular weight excluding hydrogens is 1460 g/mol. The summed E-state index contributed by atoms with van der Waals surface area (Å²) in [7, 11) is 0. The summed E-state index contributed by atoms with van der Waals surface area (Å²) in [5.41, 5.74) is 42.3. The molecule has 0 aromatic rings. The monoisotopic (exact) mass is 1590 g/mol. The summed E-state index contributed by atoms with van der Waals surface area (Å²) in [6.07, 6.45) is 14.9. The van der Waals surface area contributed by atoms with E-state index in [4.69, 9.17) is 158 Å². The highest BCUT2D eigenvalue weighted by molar-refractivity contribution is 7.99. The van der Waals surface area contributed by atoms with Crippen molar-refractivity contribution in [3.05, 3.63) is 0 Å². The molecule has 0 aromatic heterocycles. The Morgan fingerprint density at radius 1 is 0.361 bits per heavy atom. The number of carboxylic acids is 8. The number of hydrogen-bond donors (Lipinski definition) is 17. The molecule has 10 unspecified atom stereocenters. The molecule has 108 heavy (non-hydrogen) atoms. The van der Waals surface area contributed by atoms with E-state index in [1.807, 2.05) is 0 Å². The number of nitrogens with two attached hydrogens (primary N) is 8. The Hall–Kier alpha value is -5.18. The van der Waals surface area contributed by atoms with Crippen LogP contribution in [0.15, 0.2) is 0 Å². The summed E-state index contributed by atoms with van der Waals surface area (Å²) in [5, 5.41) is 70.7. The van der Waals surface area contributed by atoms with Gasteiger partial charge < -0.3 is 163 Å². The molecule has 0 aromatic carbocycles. The number of carboxylic acid groups (broad SMARTS) is 8. The molecule has 42 heteroatoms. The Kier molecular flexibility index (Phi) is 61.3. The first-order valence-corrected chi connectivity index (χ1v) is 37.0. The minimum Gasteiger partial charge on any atom is -0.480 e. The predicted octanol–water partition coefficient (Wildman–Crippen LogP) is -1.43. The van der Waals surface area contributed by atoms with Gasteiger partial charge in [-0.1, -0.05) is 39.5 Å². The fourth-order valence-electron chi connectivity index (χ4n) is 9.68. The third-order valence-electron chi connectivity index (χ3n) is 15.9. The smallest absolute Gasteiger partial charge is 0.322 e. The van der Waals surface area contributed by atoms with E-state index < -0.39 is 102 Å². The Balaban J connectivity index is 0.00000121. The summed E-state index contributed by atoms with van der Waals surface area (Å²) >= 11 is 1.43. The summed E-state index contributed by atoms with van der Waals surface area (Å²) < 4.78 is 77.3. The molecule has 0 amide bonds. The van der Waals surface area contributed by atoms with Crippen molar-refractivity contribution in [3.8, 4) is 0 Å². The van der Waals surface area contributed by atoms with Crippen LogP contribution in [0.3, 0.4) is 0 Å². The fourth-order valence-corrected chi connectivity index (χ4v) is 10.6. The maximum Gasteiger partial charge on any atom is 0.322 e. The quantitative estimate of drug-likeness (QED) is 0.0312. The average Bonchev–Trinajstić information content (AvgIpc) is 1.77. The predicted molar refractivity (Wildman–Crippen MR) is 384 cm³/mol. The van der Waals surface area contributed by atoms with Crippen LogP contribution in [-0.2, 0) is 114 Å². The van der Waals surface area contributed by atoms with Gasteiger partial charge in [-0.25, -0.2) is 0 Å². The third-order valence-corrected chi connectivity index (χ3v) is 17.0. The molecule has 632 valence electrons. The molecular formula is C66H125N9O32S. The zero-order valence-electron chi connectivity index (χ0n) is 60.9. The van der Waals surface area contributed by atoms with E-state index in [0.29, 0.717) is 142 Å². The van der Waals surface area contributed by atoms with Gasteiger partial charge in [-0.15, -0.1) is 0 Å². The minimum absolute atomic E-state index is 0. The van der Waals surface area contributed by atoms with Gasteiger partial charge in [-0.05, 0) is 77.0 Å². The van der Waals surface area contributed by atoms with E-state index in [1.165, 1.54) is 31.0 Å². The molecule has 0 radical (unpaired) electrons. The lowest BCUT2D eigenvalue weighted by Crippen LogP contribution is -2.42. The first kappa shape index (κ1) is 103. The number of ketones is 1. The maximum absolute atomic E-state index is 11.2. The average molecular weight is 1590 g/mol. The third kappa shape index (κ3) is 55.3. The number of nitrogens with one attached hydrogen (secondary N) is 1. The zero-order chi connectivity index (χ0) is 79.7. The Morgan fingerprint density at radius 2 is 0.722 bits per heavy atom. The summed E-state index contributed by atoms with van der Waals surface area (Å²) in [4.78, 5) is 93.9. The number of hydrogen-bond acceptors (Lipinski definition) is 34. The van der Waals surface area contributed by atoms with Gasteiger partial charge in [0.25, 0.3) is 0 Å². The molecule has 10 atom stereocenters. The second kappa shape index (κ2) is 64.4.